The third kappa shape index (κ3) is 3.05. The molecule has 134 valence electrons. The van der Waals surface area contributed by atoms with Crippen molar-refractivity contribution in [3.05, 3.63) is 64.7 Å². The molecule has 1 fully saturated rings. The Morgan fingerprint density at radius 2 is 1.62 bits per heavy atom. The second kappa shape index (κ2) is 6.83. The molecule has 0 unspecified atom stereocenters. The Labute approximate surface area is 153 Å². The van der Waals surface area contributed by atoms with E-state index in [2.05, 4.69) is 0 Å². The van der Waals surface area contributed by atoms with Crippen LogP contribution in [0, 0.1) is 6.92 Å². The summed E-state index contributed by atoms with van der Waals surface area (Å²) >= 11 is 0. The van der Waals surface area contributed by atoms with E-state index in [1.807, 2.05) is 59.2 Å². The molecule has 5 nitrogen and oxygen atoms in total. The van der Waals surface area contributed by atoms with Crippen LogP contribution in [0.1, 0.15) is 31.8 Å². The first-order valence-electron chi connectivity index (χ1n) is 9.03. The number of benzene rings is 2. The molecule has 0 bridgehead atoms. The number of amides is 2. The second-order valence-electron chi connectivity index (χ2n) is 6.82. The van der Waals surface area contributed by atoms with E-state index in [1.54, 1.807) is 0 Å². The van der Waals surface area contributed by atoms with Crippen molar-refractivity contribution in [3.63, 3.8) is 0 Å². The molecule has 2 aliphatic rings. The van der Waals surface area contributed by atoms with Gasteiger partial charge >= 0.3 is 0 Å². The van der Waals surface area contributed by atoms with Crippen molar-refractivity contribution in [1.29, 1.82) is 0 Å². The molecule has 0 atom stereocenters. The van der Waals surface area contributed by atoms with Gasteiger partial charge in [0.15, 0.2) is 0 Å². The van der Waals surface area contributed by atoms with Crippen molar-refractivity contribution in [2.24, 2.45) is 0 Å². The summed E-state index contributed by atoms with van der Waals surface area (Å²) in [7, 11) is 0. The zero-order valence-corrected chi connectivity index (χ0v) is 14.9. The van der Waals surface area contributed by atoms with Gasteiger partial charge in [0.1, 0.15) is 5.75 Å². The van der Waals surface area contributed by atoms with Crippen LogP contribution in [0.3, 0.4) is 0 Å². The van der Waals surface area contributed by atoms with Gasteiger partial charge in [-0.1, -0.05) is 18.2 Å². The van der Waals surface area contributed by atoms with Crippen LogP contribution in [-0.2, 0) is 6.42 Å². The van der Waals surface area contributed by atoms with Gasteiger partial charge in [0.05, 0.1) is 6.61 Å². The number of aryl methyl sites for hydroxylation is 1. The standard InChI is InChI=1S/C21H22N2O3/c1-15-4-2-3-5-18(15)21(25)23-11-9-22(10-12-23)20(24)17-6-7-19-16(14-17)8-13-26-19/h2-7,14H,8-13H2,1H3. The third-order valence-electron chi connectivity index (χ3n) is 5.17. The molecule has 0 radical (unpaired) electrons. The lowest BCUT2D eigenvalue weighted by Crippen LogP contribution is -2.50. The first kappa shape index (κ1) is 16.6. The van der Waals surface area contributed by atoms with Gasteiger partial charge in [-0.3, -0.25) is 9.59 Å². The fraction of sp³-hybridized carbons (Fsp3) is 0.333. The Kier molecular flexibility index (Phi) is 4.37. The molecule has 2 aromatic rings. The highest BCUT2D eigenvalue weighted by atomic mass is 16.5. The van der Waals surface area contributed by atoms with E-state index in [0.29, 0.717) is 38.3 Å². The molecule has 5 heteroatoms. The van der Waals surface area contributed by atoms with Gasteiger partial charge in [-0.15, -0.1) is 0 Å². The Bertz CT molecular complexity index is 854. The molecule has 0 spiro atoms. The Hall–Kier alpha value is -2.82. The lowest BCUT2D eigenvalue weighted by atomic mass is 10.1. The van der Waals surface area contributed by atoms with Crippen molar-refractivity contribution >= 4 is 11.8 Å². The molecule has 26 heavy (non-hydrogen) atoms. The molecule has 0 saturated carbocycles. The van der Waals surface area contributed by atoms with Crippen LogP contribution in [0.2, 0.25) is 0 Å². The molecule has 0 N–H and O–H groups in total. The van der Waals surface area contributed by atoms with Gasteiger partial charge in [0, 0.05) is 43.7 Å². The predicted molar refractivity (Wildman–Crippen MR) is 98.6 cm³/mol. The third-order valence-corrected chi connectivity index (χ3v) is 5.17. The maximum absolute atomic E-state index is 12.8. The summed E-state index contributed by atoms with van der Waals surface area (Å²) in [5.41, 5.74) is 3.53. The monoisotopic (exact) mass is 350 g/mol. The summed E-state index contributed by atoms with van der Waals surface area (Å²) in [4.78, 5) is 29.2. The van der Waals surface area contributed by atoms with E-state index < -0.39 is 0 Å². The van der Waals surface area contributed by atoms with Gasteiger partial charge in [-0.05, 0) is 42.3 Å². The molecular weight excluding hydrogens is 328 g/mol. The highest BCUT2D eigenvalue weighted by Gasteiger charge is 2.26. The SMILES string of the molecule is Cc1ccccc1C(=O)N1CCN(C(=O)c2ccc3c(c2)CCO3)CC1. The number of carbonyl (C=O) groups excluding carboxylic acids is 2. The molecule has 2 amide bonds. The molecule has 2 aliphatic heterocycles. The van der Waals surface area contributed by atoms with Crippen LogP contribution in [-0.4, -0.2) is 54.4 Å². The minimum Gasteiger partial charge on any atom is -0.493 e. The number of hydrogen-bond acceptors (Lipinski definition) is 3. The van der Waals surface area contributed by atoms with Gasteiger partial charge in [-0.25, -0.2) is 0 Å². The molecule has 2 aromatic carbocycles. The van der Waals surface area contributed by atoms with Gasteiger partial charge in [0.25, 0.3) is 11.8 Å². The minimum absolute atomic E-state index is 0.0303. The summed E-state index contributed by atoms with van der Waals surface area (Å²) in [5.74, 6) is 0.961. The minimum atomic E-state index is 0.0303. The summed E-state index contributed by atoms with van der Waals surface area (Å²) < 4.78 is 5.50. The average Bonchev–Trinajstić information content (AvgIpc) is 3.15. The van der Waals surface area contributed by atoms with Crippen LogP contribution in [0.25, 0.3) is 0 Å². The zero-order valence-electron chi connectivity index (χ0n) is 14.9. The highest BCUT2D eigenvalue weighted by Crippen LogP contribution is 2.26. The molecule has 4 rings (SSSR count). The number of rotatable bonds is 2. The van der Waals surface area contributed by atoms with Crippen LogP contribution in [0.5, 0.6) is 5.75 Å². The predicted octanol–water partition coefficient (Wildman–Crippen LogP) is 2.53. The normalized spacial score (nSPS) is 16.2. The summed E-state index contributed by atoms with van der Waals surface area (Å²) in [6, 6.07) is 13.3. The van der Waals surface area contributed by atoms with Crippen molar-refractivity contribution in [1.82, 2.24) is 9.80 Å². The van der Waals surface area contributed by atoms with Crippen molar-refractivity contribution < 1.29 is 14.3 Å². The zero-order chi connectivity index (χ0) is 18.1. The maximum atomic E-state index is 12.8. The topological polar surface area (TPSA) is 49.9 Å². The van der Waals surface area contributed by atoms with E-state index in [1.165, 1.54) is 0 Å². The van der Waals surface area contributed by atoms with Crippen LogP contribution in [0.15, 0.2) is 42.5 Å². The van der Waals surface area contributed by atoms with Gasteiger partial charge < -0.3 is 14.5 Å². The maximum Gasteiger partial charge on any atom is 0.254 e. The van der Waals surface area contributed by atoms with Crippen LogP contribution < -0.4 is 4.74 Å². The van der Waals surface area contributed by atoms with Crippen molar-refractivity contribution in [2.45, 2.75) is 13.3 Å². The van der Waals surface area contributed by atoms with E-state index in [4.69, 9.17) is 4.74 Å². The lowest BCUT2D eigenvalue weighted by molar-refractivity contribution is 0.0535. The lowest BCUT2D eigenvalue weighted by Gasteiger charge is -2.35. The molecule has 1 saturated heterocycles. The highest BCUT2D eigenvalue weighted by molar-refractivity contribution is 5.97. The summed E-state index contributed by atoms with van der Waals surface area (Å²) in [5, 5.41) is 0. The van der Waals surface area contributed by atoms with E-state index in [-0.39, 0.29) is 11.8 Å². The quantitative estimate of drug-likeness (QED) is 0.836. The van der Waals surface area contributed by atoms with Crippen LogP contribution >= 0.6 is 0 Å². The molecule has 0 aliphatic carbocycles. The number of carbonyl (C=O) groups is 2. The molecule has 0 aromatic heterocycles. The van der Waals surface area contributed by atoms with E-state index >= 15 is 0 Å². The van der Waals surface area contributed by atoms with Crippen LogP contribution in [0.4, 0.5) is 0 Å². The summed E-state index contributed by atoms with van der Waals surface area (Å²) in [6.45, 7) is 4.88. The molecule has 2 heterocycles. The first-order chi connectivity index (χ1) is 12.6. The number of fused-ring (bicyclic) bond motifs is 1. The van der Waals surface area contributed by atoms with Crippen molar-refractivity contribution in [2.75, 3.05) is 32.8 Å². The summed E-state index contributed by atoms with van der Waals surface area (Å²) in [6.07, 6.45) is 0.856. The first-order valence-corrected chi connectivity index (χ1v) is 9.03. The Balaban J connectivity index is 1.41. The fourth-order valence-corrected chi connectivity index (χ4v) is 3.60. The van der Waals surface area contributed by atoms with E-state index in [9.17, 15) is 9.59 Å². The Morgan fingerprint density at radius 3 is 2.35 bits per heavy atom. The fourth-order valence-electron chi connectivity index (χ4n) is 3.60. The number of hydrogen-bond donors (Lipinski definition) is 0. The number of ether oxygens (including phenoxy) is 1. The van der Waals surface area contributed by atoms with Gasteiger partial charge in [-0.2, -0.15) is 0 Å². The van der Waals surface area contributed by atoms with Gasteiger partial charge in [0.2, 0.25) is 0 Å². The second-order valence-corrected chi connectivity index (χ2v) is 6.82. The average molecular weight is 350 g/mol. The number of nitrogens with zero attached hydrogens (tertiary/aromatic N) is 2. The van der Waals surface area contributed by atoms with Crippen molar-refractivity contribution in [3.8, 4) is 5.75 Å². The van der Waals surface area contributed by atoms with E-state index in [0.717, 1.165) is 28.9 Å². The Morgan fingerprint density at radius 1 is 0.923 bits per heavy atom. The largest absolute Gasteiger partial charge is 0.493 e. The smallest absolute Gasteiger partial charge is 0.254 e. The number of piperazine rings is 1. The molecular formula is C21H22N2O3.